The third-order valence-corrected chi connectivity index (χ3v) is 3.76. The standard InChI is InChI=1S/C16H26N4.HI/c1-2-10-18-16(17)19-13-15(20-11-6-7-12-20)14-8-4-3-5-9-14;/h3-5,8-9,15H,2,6-7,10-13H2,1H3,(H3,17,18,19);1H. The first kappa shape index (κ1) is 18.2. The Morgan fingerprint density at radius 3 is 2.57 bits per heavy atom. The van der Waals surface area contributed by atoms with Crippen molar-refractivity contribution >= 4 is 29.9 Å². The number of hydrogen-bond donors (Lipinski definition) is 2. The molecular formula is C16H27IN4. The summed E-state index contributed by atoms with van der Waals surface area (Å²) in [4.78, 5) is 7.04. The molecule has 1 atom stereocenters. The van der Waals surface area contributed by atoms with Crippen LogP contribution in [0.5, 0.6) is 0 Å². The van der Waals surface area contributed by atoms with E-state index in [4.69, 9.17) is 5.73 Å². The number of aliphatic imine (C=N–C) groups is 1. The van der Waals surface area contributed by atoms with Crippen molar-refractivity contribution in [2.24, 2.45) is 10.7 Å². The first-order valence-corrected chi connectivity index (χ1v) is 7.64. The molecule has 1 aromatic rings. The Bertz CT molecular complexity index is 416. The molecule has 0 radical (unpaired) electrons. The third-order valence-electron chi connectivity index (χ3n) is 3.76. The Hall–Kier alpha value is -0.820. The largest absolute Gasteiger partial charge is 0.370 e. The number of hydrogen-bond acceptors (Lipinski definition) is 2. The summed E-state index contributed by atoms with van der Waals surface area (Å²) < 4.78 is 0. The van der Waals surface area contributed by atoms with Crippen LogP contribution < -0.4 is 11.1 Å². The minimum Gasteiger partial charge on any atom is -0.370 e. The van der Waals surface area contributed by atoms with Gasteiger partial charge in [0.1, 0.15) is 0 Å². The normalized spacial score (nSPS) is 17.3. The van der Waals surface area contributed by atoms with Crippen molar-refractivity contribution in [2.45, 2.75) is 32.2 Å². The minimum absolute atomic E-state index is 0. The van der Waals surface area contributed by atoms with Gasteiger partial charge in [-0.2, -0.15) is 0 Å². The Balaban J connectivity index is 0.00000220. The fourth-order valence-electron chi connectivity index (χ4n) is 2.65. The molecule has 3 N–H and O–H groups in total. The van der Waals surface area contributed by atoms with E-state index in [0.29, 0.717) is 12.0 Å². The maximum atomic E-state index is 5.91. The molecule has 5 heteroatoms. The second-order valence-electron chi connectivity index (χ2n) is 5.32. The van der Waals surface area contributed by atoms with Gasteiger partial charge in [0.25, 0.3) is 0 Å². The van der Waals surface area contributed by atoms with Crippen LogP contribution in [0.25, 0.3) is 0 Å². The summed E-state index contributed by atoms with van der Waals surface area (Å²) in [5, 5.41) is 3.14. The van der Waals surface area contributed by atoms with Crippen LogP contribution in [0.4, 0.5) is 0 Å². The van der Waals surface area contributed by atoms with E-state index in [-0.39, 0.29) is 24.0 Å². The molecule has 1 aliphatic heterocycles. The van der Waals surface area contributed by atoms with Crippen molar-refractivity contribution in [1.29, 1.82) is 0 Å². The van der Waals surface area contributed by atoms with Gasteiger partial charge in [0.15, 0.2) is 5.96 Å². The quantitative estimate of drug-likeness (QED) is 0.437. The fraction of sp³-hybridized carbons (Fsp3) is 0.562. The van der Waals surface area contributed by atoms with E-state index in [1.807, 2.05) is 0 Å². The number of benzene rings is 1. The maximum absolute atomic E-state index is 5.91. The zero-order valence-corrected chi connectivity index (χ0v) is 15.1. The van der Waals surface area contributed by atoms with Crippen LogP contribution in [0.15, 0.2) is 35.3 Å². The second kappa shape index (κ2) is 10.00. The van der Waals surface area contributed by atoms with E-state index in [2.05, 4.69) is 52.5 Å². The molecular weight excluding hydrogens is 375 g/mol. The highest BCUT2D eigenvalue weighted by Gasteiger charge is 2.22. The molecule has 1 unspecified atom stereocenters. The maximum Gasteiger partial charge on any atom is 0.188 e. The minimum atomic E-state index is 0. The van der Waals surface area contributed by atoms with Crippen molar-refractivity contribution in [3.8, 4) is 0 Å². The number of guanidine groups is 1. The number of rotatable bonds is 6. The highest BCUT2D eigenvalue weighted by Crippen LogP contribution is 2.25. The molecule has 1 aromatic carbocycles. The van der Waals surface area contributed by atoms with E-state index in [1.54, 1.807) is 0 Å². The SMILES string of the molecule is CCCNC(N)=NCC(c1ccccc1)N1CCCC1.I. The third kappa shape index (κ3) is 5.82. The summed E-state index contributed by atoms with van der Waals surface area (Å²) in [5.41, 5.74) is 7.24. The first-order chi connectivity index (χ1) is 9.81. The smallest absolute Gasteiger partial charge is 0.188 e. The molecule has 0 aromatic heterocycles. The lowest BCUT2D eigenvalue weighted by atomic mass is 10.1. The van der Waals surface area contributed by atoms with Gasteiger partial charge in [-0.15, -0.1) is 24.0 Å². The van der Waals surface area contributed by atoms with Crippen molar-refractivity contribution in [3.05, 3.63) is 35.9 Å². The number of nitrogens with zero attached hydrogens (tertiary/aromatic N) is 2. The van der Waals surface area contributed by atoms with E-state index in [0.717, 1.165) is 32.6 Å². The average molecular weight is 402 g/mol. The predicted octanol–water partition coefficient (Wildman–Crippen LogP) is 2.76. The summed E-state index contributed by atoms with van der Waals surface area (Å²) in [6, 6.07) is 11.0. The van der Waals surface area contributed by atoms with Crippen LogP contribution in [-0.2, 0) is 0 Å². The van der Waals surface area contributed by atoms with Gasteiger partial charge in [-0.3, -0.25) is 9.89 Å². The molecule has 2 rings (SSSR count). The van der Waals surface area contributed by atoms with Gasteiger partial charge >= 0.3 is 0 Å². The summed E-state index contributed by atoms with van der Waals surface area (Å²) in [7, 11) is 0. The molecule has 0 aliphatic carbocycles. The molecule has 118 valence electrons. The number of likely N-dealkylation sites (tertiary alicyclic amines) is 1. The number of nitrogens with one attached hydrogen (secondary N) is 1. The highest BCUT2D eigenvalue weighted by atomic mass is 127. The van der Waals surface area contributed by atoms with Gasteiger partial charge in [0.05, 0.1) is 12.6 Å². The zero-order valence-electron chi connectivity index (χ0n) is 12.8. The average Bonchev–Trinajstić information content (AvgIpc) is 3.00. The van der Waals surface area contributed by atoms with Gasteiger partial charge in [-0.05, 0) is 37.9 Å². The molecule has 0 amide bonds. The molecule has 0 spiro atoms. The van der Waals surface area contributed by atoms with Crippen molar-refractivity contribution < 1.29 is 0 Å². The van der Waals surface area contributed by atoms with Gasteiger partial charge in [0.2, 0.25) is 0 Å². The van der Waals surface area contributed by atoms with E-state index in [1.165, 1.54) is 18.4 Å². The molecule has 4 nitrogen and oxygen atoms in total. The van der Waals surface area contributed by atoms with Crippen LogP contribution >= 0.6 is 24.0 Å². The monoisotopic (exact) mass is 402 g/mol. The Kier molecular flexibility index (Phi) is 8.68. The summed E-state index contributed by atoms with van der Waals surface area (Å²) in [6.07, 6.45) is 3.64. The van der Waals surface area contributed by atoms with Crippen LogP contribution in [-0.4, -0.2) is 37.0 Å². The number of halogens is 1. The zero-order chi connectivity index (χ0) is 14.2. The van der Waals surface area contributed by atoms with E-state index >= 15 is 0 Å². The highest BCUT2D eigenvalue weighted by molar-refractivity contribution is 14.0. The Morgan fingerprint density at radius 1 is 1.29 bits per heavy atom. The van der Waals surface area contributed by atoms with Crippen molar-refractivity contribution in [3.63, 3.8) is 0 Å². The summed E-state index contributed by atoms with van der Waals surface area (Å²) in [5.74, 6) is 0.562. The number of nitrogens with two attached hydrogens (primary N) is 1. The van der Waals surface area contributed by atoms with Crippen LogP contribution in [0.3, 0.4) is 0 Å². The van der Waals surface area contributed by atoms with E-state index < -0.39 is 0 Å². The van der Waals surface area contributed by atoms with Crippen LogP contribution in [0.1, 0.15) is 37.8 Å². The van der Waals surface area contributed by atoms with E-state index in [9.17, 15) is 0 Å². The van der Waals surface area contributed by atoms with Gasteiger partial charge in [-0.1, -0.05) is 37.3 Å². The molecule has 21 heavy (non-hydrogen) atoms. The second-order valence-corrected chi connectivity index (χ2v) is 5.32. The molecule has 0 saturated carbocycles. The summed E-state index contributed by atoms with van der Waals surface area (Å²) >= 11 is 0. The lowest BCUT2D eigenvalue weighted by Gasteiger charge is -2.26. The Labute approximate surface area is 145 Å². The van der Waals surface area contributed by atoms with Gasteiger partial charge < -0.3 is 11.1 Å². The van der Waals surface area contributed by atoms with Crippen LogP contribution in [0.2, 0.25) is 0 Å². The molecule has 0 bridgehead atoms. The first-order valence-electron chi connectivity index (χ1n) is 7.64. The van der Waals surface area contributed by atoms with Gasteiger partial charge in [-0.25, -0.2) is 0 Å². The van der Waals surface area contributed by atoms with Crippen molar-refractivity contribution in [2.75, 3.05) is 26.2 Å². The molecule has 1 saturated heterocycles. The fourth-order valence-corrected chi connectivity index (χ4v) is 2.65. The molecule has 1 heterocycles. The Morgan fingerprint density at radius 2 is 1.95 bits per heavy atom. The lowest BCUT2D eigenvalue weighted by molar-refractivity contribution is 0.251. The predicted molar refractivity (Wildman–Crippen MR) is 100 cm³/mol. The topological polar surface area (TPSA) is 53.6 Å². The van der Waals surface area contributed by atoms with Gasteiger partial charge in [0, 0.05) is 6.54 Å². The van der Waals surface area contributed by atoms with Crippen LogP contribution in [0, 0.1) is 0 Å². The molecule has 1 aliphatic rings. The lowest BCUT2D eigenvalue weighted by Crippen LogP contribution is -2.34. The molecule has 1 fully saturated rings. The van der Waals surface area contributed by atoms with Crippen molar-refractivity contribution in [1.82, 2.24) is 10.2 Å². The summed E-state index contributed by atoms with van der Waals surface area (Å²) in [6.45, 7) is 6.06.